The van der Waals surface area contributed by atoms with E-state index in [2.05, 4.69) is 27.3 Å². The summed E-state index contributed by atoms with van der Waals surface area (Å²) in [5.41, 5.74) is 0. The van der Waals surface area contributed by atoms with Gasteiger partial charge in [-0.05, 0) is 0 Å². The quantitative estimate of drug-likeness (QED) is 0.358. The molecule has 0 aromatic carbocycles. The van der Waals surface area contributed by atoms with Crippen LogP contribution in [0.25, 0.3) is 0 Å². The van der Waals surface area contributed by atoms with Crippen LogP contribution in [-0.4, -0.2) is 0 Å². The summed E-state index contributed by atoms with van der Waals surface area (Å²) in [6.07, 6.45) is 0. The summed E-state index contributed by atoms with van der Waals surface area (Å²) in [5.74, 6) is 0. The molecule has 0 amide bonds. The van der Waals surface area contributed by atoms with E-state index >= 15 is 0 Å². The molecule has 0 radical (unpaired) electrons. The van der Waals surface area contributed by atoms with Crippen molar-refractivity contribution in [3.05, 3.63) is 39.4 Å². The molecule has 0 aliphatic rings. The minimum Gasteiger partial charge on any atom is 1.00 e. The molecule has 0 fully saturated rings. The van der Waals surface area contributed by atoms with E-state index in [1.807, 2.05) is 0 Å². The van der Waals surface area contributed by atoms with Gasteiger partial charge in [0.2, 0.25) is 0 Å². The van der Waals surface area contributed by atoms with Crippen molar-refractivity contribution in [3.8, 4) is 0 Å². The third-order valence-electron chi connectivity index (χ3n) is 0. The largest absolute Gasteiger partial charge is 1.00 e. The monoisotopic (exact) mass is 290 g/mol. The standard InChI is InChI=1S/6CN.Fe.Mn.Na/c6*1-2;;;/q6*-1;;;+1. The molecule has 0 heterocycles. The Bertz CT molecular complexity index is 114. The fraction of sp³-hybridized carbons (Fsp3) is 0. The van der Waals surface area contributed by atoms with Crippen LogP contribution in [-0.2, 0) is 27.3 Å². The summed E-state index contributed by atoms with van der Waals surface area (Å²) in [6, 6.07) is 0. The molecule has 0 aromatic rings. The molecule has 0 N–H and O–H groups in total. The summed E-state index contributed by atoms with van der Waals surface area (Å²) in [7, 11) is 0. The smallest absolute Gasteiger partial charge is 1.00 e. The van der Waals surface area contributed by atoms with Crippen LogP contribution in [0.5, 0.6) is 0 Å². The summed E-state index contributed by atoms with van der Waals surface area (Å²) in [5, 5.41) is 37.5. The Hall–Kier alpha value is -1.02. The maximum atomic E-state index is 6.25. The number of hydrogen-bond donors (Lipinski definition) is 0. The Kier molecular flexibility index (Phi) is 7850. The second kappa shape index (κ2) is 1790. The Morgan fingerprint density at radius 2 is 0.467 bits per heavy atom. The summed E-state index contributed by atoms with van der Waals surface area (Å²) >= 11 is 5.75. The second-order valence-electron chi connectivity index (χ2n) is 0. The van der Waals surface area contributed by atoms with E-state index in [9.17, 15) is 0 Å². The van der Waals surface area contributed by atoms with Crippen molar-refractivity contribution in [2.45, 2.75) is 0 Å². The molecule has 0 saturated heterocycles. The molecule has 0 aliphatic carbocycles. The first-order chi connectivity index (χ1) is 7.00. The Morgan fingerprint density at radius 1 is 0.467 bits per heavy atom. The van der Waals surface area contributed by atoms with Crippen molar-refractivity contribution >= 4 is 0 Å². The predicted octanol–water partition coefficient (Wildman–Crippen LogP) is -2.42. The zero-order valence-electron chi connectivity index (χ0n) is 7.41. The summed E-state index contributed by atoms with van der Waals surface area (Å²) in [4.78, 5) is 0. The predicted molar refractivity (Wildman–Crippen MR) is 29.8 cm³/mol. The van der Waals surface area contributed by atoms with Gasteiger partial charge in [0.25, 0.3) is 0 Å². The Labute approximate surface area is 127 Å². The average Bonchev–Trinajstić information content (AvgIpc) is 2.45. The molecule has 0 saturated carbocycles. The first-order valence-corrected chi connectivity index (χ1v) is 3.61. The van der Waals surface area contributed by atoms with Gasteiger partial charge < -0.3 is 71.0 Å². The molecule has 0 aromatic heterocycles. The molecule has 0 bridgehead atoms. The van der Waals surface area contributed by atoms with Gasteiger partial charge in [-0.2, -0.15) is 0 Å². The molecule has 0 aliphatic heterocycles. The normalized spacial score (nSPS) is 1.13. The zero-order chi connectivity index (χ0) is 14.0. The first-order valence-electron chi connectivity index (χ1n) is 1.48. The van der Waals surface area contributed by atoms with Gasteiger partial charge >= 0.3 is 56.9 Å². The van der Waals surface area contributed by atoms with E-state index in [4.69, 9.17) is 71.0 Å². The van der Waals surface area contributed by atoms with Gasteiger partial charge in [0.15, 0.2) is 0 Å². The van der Waals surface area contributed by atoms with Crippen LogP contribution >= 0.6 is 0 Å². The minimum atomic E-state index is 0. The Balaban J connectivity index is -0.00000000628. The molecule has 0 rings (SSSR count). The maximum absolute atomic E-state index is 6.25. The second-order valence-corrected chi connectivity index (χ2v) is 0. The molecule has 6 nitrogen and oxygen atoms in total. The van der Waals surface area contributed by atoms with Crippen LogP contribution in [0.3, 0.4) is 0 Å². The van der Waals surface area contributed by atoms with Crippen molar-refractivity contribution in [2.24, 2.45) is 0 Å². The minimum absolute atomic E-state index is 0. The van der Waals surface area contributed by atoms with E-state index < -0.39 is 0 Å². The van der Waals surface area contributed by atoms with Gasteiger partial charge in [0.05, 0.1) is 0 Å². The topological polar surface area (TPSA) is 143 Å². The van der Waals surface area contributed by atoms with Crippen molar-refractivity contribution in [2.75, 3.05) is 0 Å². The molecular formula is C6FeMnN6Na-5. The van der Waals surface area contributed by atoms with Gasteiger partial charge in [-0.25, -0.2) is 0 Å². The van der Waals surface area contributed by atoms with Crippen molar-refractivity contribution < 1.29 is 56.9 Å². The number of nitrogens with zero attached hydrogens (tertiary/aromatic N) is 6. The van der Waals surface area contributed by atoms with E-state index in [-0.39, 0.29) is 29.6 Å². The fourth-order valence-corrected chi connectivity index (χ4v) is 0. The number of hydrogen-bond acceptors (Lipinski definition) is 6. The van der Waals surface area contributed by atoms with Crippen LogP contribution < -0.4 is 29.6 Å². The molecule has 0 atom stereocenters. The molecule has 75 valence electrons. The SMILES string of the molecule is [C-]#N.[C-]#N.[C-]#N.[C-]#N.[C-]#N.[C-]#N.[Mn]=[Fe].[Na+]. The molecule has 15 heavy (non-hydrogen) atoms. The average molecular weight is 290 g/mol. The maximum Gasteiger partial charge on any atom is 1.00 e. The van der Waals surface area contributed by atoms with Crippen molar-refractivity contribution in [1.82, 2.24) is 0 Å². The van der Waals surface area contributed by atoms with Gasteiger partial charge in [-0.3, -0.25) is 0 Å². The van der Waals surface area contributed by atoms with E-state index in [0.717, 1.165) is 0 Å². The van der Waals surface area contributed by atoms with E-state index in [0.29, 0.717) is 0 Å². The fourth-order valence-electron chi connectivity index (χ4n) is 0. The van der Waals surface area contributed by atoms with Crippen molar-refractivity contribution in [1.29, 1.82) is 31.6 Å². The van der Waals surface area contributed by atoms with E-state index in [1.165, 1.54) is 0 Å². The van der Waals surface area contributed by atoms with Gasteiger partial charge in [0, 0.05) is 0 Å². The first kappa shape index (κ1) is 65.9. The van der Waals surface area contributed by atoms with Crippen LogP contribution in [0.15, 0.2) is 0 Å². The van der Waals surface area contributed by atoms with Gasteiger partial charge in [-0.15, -0.1) is 0 Å². The Morgan fingerprint density at radius 3 is 0.467 bits per heavy atom. The zero-order valence-corrected chi connectivity index (χ0v) is 11.7. The van der Waals surface area contributed by atoms with Crippen LogP contribution in [0.4, 0.5) is 0 Å². The molecule has 0 unspecified atom stereocenters. The third kappa shape index (κ3) is 1500. The van der Waals surface area contributed by atoms with Gasteiger partial charge in [0.1, 0.15) is 0 Å². The molecular weight excluding hydrogens is 290 g/mol. The summed E-state index contributed by atoms with van der Waals surface area (Å²) < 4.78 is 0. The van der Waals surface area contributed by atoms with Crippen molar-refractivity contribution in [3.63, 3.8) is 0 Å². The van der Waals surface area contributed by atoms with Crippen LogP contribution in [0.1, 0.15) is 0 Å². The van der Waals surface area contributed by atoms with Gasteiger partial charge in [-0.1, -0.05) is 0 Å². The van der Waals surface area contributed by atoms with E-state index in [1.54, 1.807) is 0 Å². The molecule has 9 heteroatoms. The summed E-state index contributed by atoms with van der Waals surface area (Å²) in [6.45, 7) is 28.5. The third-order valence-corrected chi connectivity index (χ3v) is 0. The number of rotatable bonds is 0. The van der Waals surface area contributed by atoms with Crippen LogP contribution in [0, 0.1) is 71.0 Å². The van der Waals surface area contributed by atoms with Crippen LogP contribution in [0.2, 0.25) is 0 Å². The molecule has 0 spiro atoms.